The minimum absolute atomic E-state index is 0.136. The van der Waals surface area contributed by atoms with Gasteiger partial charge in [0.15, 0.2) is 0 Å². The van der Waals surface area contributed by atoms with E-state index < -0.39 is 5.54 Å². The standard InChI is InChI=1S/C15H20BrN3OS/c1-10-3-4-12(16)11(9-10)13(20)18-15(14(17)21)5-7-19(2)8-6-15/h3-4,9H,5-8H2,1-2H3,(H2,17,21)(H,18,20). The normalized spacial score (nSPS) is 18.2. The number of hydrogen-bond acceptors (Lipinski definition) is 3. The fraction of sp³-hybridized carbons (Fsp3) is 0.467. The van der Waals surface area contributed by atoms with E-state index in [4.69, 9.17) is 18.0 Å². The van der Waals surface area contributed by atoms with Crippen molar-refractivity contribution in [3.63, 3.8) is 0 Å². The summed E-state index contributed by atoms with van der Waals surface area (Å²) < 4.78 is 0.775. The zero-order valence-corrected chi connectivity index (χ0v) is 14.7. The molecule has 0 saturated carbocycles. The van der Waals surface area contributed by atoms with Crippen molar-refractivity contribution in [2.75, 3.05) is 20.1 Å². The zero-order chi connectivity index (χ0) is 15.6. The van der Waals surface area contributed by atoms with Gasteiger partial charge in [-0.15, -0.1) is 0 Å². The van der Waals surface area contributed by atoms with Gasteiger partial charge in [0.25, 0.3) is 5.91 Å². The van der Waals surface area contributed by atoms with Crippen molar-refractivity contribution in [2.24, 2.45) is 5.73 Å². The average molecular weight is 370 g/mol. The lowest BCUT2D eigenvalue weighted by molar-refractivity contribution is 0.0889. The van der Waals surface area contributed by atoms with Crippen LogP contribution in [0, 0.1) is 6.92 Å². The van der Waals surface area contributed by atoms with Gasteiger partial charge in [0.05, 0.1) is 16.1 Å². The molecule has 0 aliphatic carbocycles. The van der Waals surface area contributed by atoms with E-state index in [2.05, 4.69) is 33.2 Å². The van der Waals surface area contributed by atoms with E-state index in [0.29, 0.717) is 10.6 Å². The highest BCUT2D eigenvalue weighted by Gasteiger charge is 2.38. The van der Waals surface area contributed by atoms with Crippen molar-refractivity contribution in [3.8, 4) is 0 Å². The van der Waals surface area contributed by atoms with Crippen LogP contribution in [0.15, 0.2) is 22.7 Å². The third kappa shape index (κ3) is 3.62. The van der Waals surface area contributed by atoms with Crippen molar-refractivity contribution in [1.29, 1.82) is 0 Å². The SMILES string of the molecule is Cc1ccc(Br)c(C(=O)NC2(C(N)=S)CCN(C)CC2)c1. The Morgan fingerprint density at radius 2 is 2.05 bits per heavy atom. The van der Waals surface area contributed by atoms with Gasteiger partial charge in [-0.25, -0.2) is 0 Å². The molecule has 21 heavy (non-hydrogen) atoms. The molecule has 1 aromatic rings. The number of likely N-dealkylation sites (tertiary alicyclic amines) is 1. The van der Waals surface area contributed by atoms with Crippen molar-refractivity contribution < 1.29 is 4.79 Å². The van der Waals surface area contributed by atoms with Gasteiger partial charge in [-0.1, -0.05) is 23.8 Å². The molecule has 4 nitrogen and oxygen atoms in total. The predicted octanol–water partition coefficient (Wildman–Crippen LogP) is 2.24. The average Bonchev–Trinajstić information content (AvgIpc) is 2.44. The Balaban J connectivity index is 2.23. The van der Waals surface area contributed by atoms with E-state index in [9.17, 15) is 4.79 Å². The van der Waals surface area contributed by atoms with Crippen LogP contribution < -0.4 is 11.1 Å². The molecule has 1 heterocycles. The summed E-state index contributed by atoms with van der Waals surface area (Å²) in [6.45, 7) is 3.70. The number of nitrogens with one attached hydrogen (secondary N) is 1. The van der Waals surface area contributed by atoms with Gasteiger partial charge in [-0.3, -0.25) is 4.79 Å². The molecule has 0 radical (unpaired) electrons. The maximum absolute atomic E-state index is 12.6. The summed E-state index contributed by atoms with van der Waals surface area (Å²) in [6.07, 6.45) is 1.49. The molecule has 1 aliphatic heterocycles. The Bertz CT molecular complexity index is 568. The molecule has 2 rings (SSSR count). The van der Waals surface area contributed by atoms with Crippen LogP contribution in [0.4, 0.5) is 0 Å². The summed E-state index contributed by atoms with van der Waals surface area (Å²) >= 11 is 8.65. The van der Waals surface area contributed by atoms with Crippen LogP contribution in [0.2, 0.25) is 0 Å². The minimum atomic E-state index is -0.581. The smallest absolute Gasteiger partial charge is 0.253 e. The molecule has 0 atom stereocenters. The summed E-state index contributed by atoms with van der Waals surface area (Å²) in [6, 6.07) is 5.70. The first-order valence-corrected chi connectivity index (χ1v) is 8.11. The largest absolute Gasteiger partial charge is 0.391 e. The highest BCUT2D eigenvalue weighted by atomic mass is 79.9. The number of halogens is 1. The van der Waals surface area contributed by atoms with Crippen molar-refractivity contribution in [3.05, 3.63) is 33.8 Å². The van der Waals surface area contributed by atoms with Crippen LogP contribution in [-0.4, -0.2) is 41.5 Å². The van der Waals surface area contributed by atoms with E-state index in [-0.39, 0.29) is 5.91 Å². The quantitative estimate of drug-likeness (QED) is 0.802. The molecule has 0 bridgehead atoms. The maximum Gasteiger partial charge on any atom is 0.253 e. The third-order valence-corrected chi connectivity index (χ3v) is 5.11. The summed E-state index contributed by atoms with van der Waals surface area (Å²) in [5.74, 6) is -0.136. The monoisotopic (exact) mass is 369 g/mol. The lowest BCUT2D eigenvalue weighted by atomic mass is 9.87. The summed E-state index contributed by atoms with van der Waals surface area (Å²) in [5.41, 5.74) is 7.00. The lowest BCUT2D eigenvalue weighted by Crippen LogP contribution is -2.61. The van der Waals surface area contributed by atoms with Gasteiger partial charge in [0.2, 0.25) is 0 Å². The number of carbonyl (C=O) groups excluding carboxylic acids is 1. The number of carbonyl (C=O) groups is 1. The number of rotatable bonds is 3. The molecular formula is C15H20BrN3OS. The first kappa shape index (κ1) is 16.4. The first-order chi connectivity index (χ1) is 9.84. The van der Waals surface area contributed by atoms with Gasteiger partial charge in [-0.05, 0) is 54.9 Å². The number of aryl methyl sites for hydroxylation is 1. The highest BCUT2D eigenvalue weighted by Crippen LogP contribution is 2.24. The molecule has 1 aromatic carbocycles. The molecule has 1 fully saturated rings. The van der Waals surface area contributed by atoms with E-state index >= 15 is 0 Å². The van der Waals surface area contributed by atoms with Crippen molar-refractivity contribution in [2.45, 2.75) is 25.3 Å². The van der Waals surface area contributed by atoms with Gasteiger partial charge in [0.1, 0.15) is 0 Å². The molecule has 1 amide bonds. The fourth-order valence-corrected chi connectivity index (χ4v) is 3.21. The number of amides is 1. The van der Waals surface area contributed by atoms with Crippen molar-refractivity contribution >= 4 is 39.0 Å². The summed E-state index contributed by atoms with van der Waals surface area (Å²) in [5, 5.41) is 3.07. The second-order valence-corrected chi connectivity index (χ2v) is 6.98. The maximum atomic E-state index is 12.6. The Labute approximate surface area is 139 Å². The molecule has 6 heteroatoms. The molecule has 0 unspecified atom stereocenters. The highest BCUT2D eigenvalue weighted by molar-refractivity contribution is 9.10. The number of thiocarbonyl (C=S) groups is 1. The lowest BCUT2D eigenvalue weighted by Gasteiger charge is -2.40. The summed E-state index contributed by atoms with van der Waals surface area (Å²) in [7, 11) is 2.06. The second kappa shape index (κ2) is 6.42. The van der Waals surface area contributed by atoms with Crippen LogP contribution in [0.1, 0.15) is 28.8 Å². The van der Waals surface area contributed by atoms with Crippen LogP contribution in [0.25, 0.3) is 0 Å². The number of hydrogen-bond donors (Lipinski definition) is 2. The van der Waals surface area contributed by atoms with Gasteiger partial charge in [-0.2, -0.15) is 0 Å². The molecule has 114 valence electrons. The molecule has 1 aliphatic rings. The second-order valence-electron chi connectivity index (χ2n) is 5.69. The summed E-state index contributed by atoms with van der Waals surface area (Å²) in [4.78, 5) is 15.2. The Hall–Kier alpha value is -0.980. The fourth-order valence-electron chi connectivity index (χ4n) is 2.53. The molecule has 1 saturated heterocycles. The minimum Gasteiger partial charge on any atom is -0.391 e. The predicted molar refractivity (Wildman–Crippen MR) is 92.6 cm³/mol. The first-order valence-electron chi connectivity index (χ1n) is 6.91. The van der Waals surface area contributed by atoms with Gasteiger partial charge >= 0.3 is 0 Å². The molecular weight excluding hydrogens is 350 g/mol. The van der Waals surface area contributed by atoms with E-state index in [0.717, 1.165) is 36.0 Å². The molecule has 0 spiro atoms. The molecule has 3 N–H and O–H groups in total. The molecule has 0 aromatic heterocycles. The van der Waals surface area contributed by atoms with Crippen LogP contribution in [0.5, 0.6) is 0 Å². The Kier molecular flexibility index (Phi) is 5.01. The van der Waals surface area contributed by atoms with Crippen molar-refractivity contribution in [1.82, 2.24) is 10.2 Å². The van der Waals surface area contributed by atoms with E-state index in [1.54, 1.807) is 0 Å². The number of nitrogens with zero attached hydrogens (tertiary/aromatic N) is 1. The van der Waals surface area contributed by atoms with E-state index in [1.807, 2.05) is 25.1 Å². The van der Waals surface area contributed by atoms with Crippen LogP contribution >= 0.6 is 28.1 Å². The van der Waals surface area contributed by atoms with Gasteiger partial charge in [0, 0.05) is 17.6 Å². The van der Waals surface area contributed by atoms with Crippen LogP contribution in [-0.2, 0) is 0 Å². The van der Waals surface area contributed by atoms with Gasteiger partial charge < -0.3 is 16.0 Å². The Morgan fingerprint density at radius 1 is 1.43 bits per heavy atom. The number of nitrogens with two attached hydrogens (primary N) is 1. The topological polar surface area (TPSA) is 58.4 Å². The Morgan fingerprint density at radius 3 is 2.62 bits per heavy atom. The van der Waals surface area contributed by atoms with E-state index in [1.165, 1.54) is 0 Å². The number of piperidine rings is 1. The zero-order valence-electron chi connectivity index (χ0n) is 12.3. The number of benzene rings is 1. The third-order valence-electron chi connectivity index (χ3n) is 4.03. The van der Waals surface area contributed by atoms with Crippen LogP contribution in [0.3, 0.4) is 0 Å².